The van der Waals surface area contributed by atoms with Gasteiger partial charge in [-0.2, -0.15) is 0 Å². The van der Waals surface area contributed by atoms with Gasteiger partial charge in [0.1, 0.15) is 4.99 Å². The molecule has 2 aromatic carbocycles. The van der Waals surface area contributed by atoms with E-state index >= 15 is 0 Å². The van der Waals surface area contributed by atoms with Crippen molar-refractivity contribution in [2.45, 2.75) is 6.92 Å². The van der Waals surface area contributed by atoms with Crippen molar-refractivity contribution in [1.82, 2.24) is 0 Å². The lowest BCUT2D eigenvalue weighted by Crippen LogP contribution is -2.12. The minimum Gasteiger partial charge on any atom is -0.389 e. The minimum atomic E-state index is 0.401. The average Bonchev–Trinajstić information content (AvgIpc) is 2.34. The fraction of sp³-hybridized carbons (Fsp3) is 0.0714. The van der Waals surface area contributed by atoms with Gasteiger partial charge in [0.15, 0.2) is 0 Å². The first kappa shape index (κ1) is 13.1. The fourth-order valence-electron chi connectivity index (χ4n) is 1.72. The van der Waals surface area contributed by atoms with E-state index in [4.69, 9.17) is 18.0 Å². The Morgan fingerprint density at radius 2 is 1.83 bits per heavy atom. The maximum atomic E-state index is 5.75. The zero-order valence-electron chi connectivity index (χ0n) is 9.91. The van der Waals surface area contributed by atoms with Crippen LogP contribution < -0.4 is 11.1 Å². The molecule has 0 bridgehead atoms. The van der Waals surface area contributed by atoms with Crippen LogP contribution in [0.15, 0.2) is 46.9 Å². The van der Waals surface area contributed by atoms with Crippen LogP contribution in [-0.2, 0) is 0 Å². The van der Waals surface area contributed by atoms with Crippen LogP contribution in [0.25, 0.3) is 0 Å². The highest BCUT2D eigenvalue weighted by Crippen LogP contribution is 2.25. The second-order valence-electron chi connectivity index (χ2n) is 3.99. The van der Waals surface area contributed by atoms with Crippen LogP contribution in [-0.4, -0.2) is 4.99 Å². The van der Waals surface area contributed by atoms with Crippen LogP contribution in [0.1, 0.15) is 11.1 Å². The largest absolute Gasteiger partial charge is 0.389 e. The van der Waals surface area contributed by atoms with Crippen LogP contribution in [0.5, 0.6) is 0 Å². The Bertz CT molecular complexity index is 579. The maximum Gasteiger partial charge on any atom is 0.106 e. The van der Waals surface area contributed by atoms with Crippen LogP contribution in [0.2, 0.25) is 0 Å². The van der Waals surface area contributed by atoms with Crippen molar-refractivity contribution in [3.63, 3.8) is 0 Å². The van der Waals surface area contributed by atoms with E-state index in [9.17, 15) is 0 Å². The number of aryl methyl sites for hydroxylation is 1. The van der Waals surface area contributed by atoms with Gasteiger partial charge in [0.05, 0.1) is 5.69 Å². The molecule has 0 amide bonds. The van der Waals surface area contributed by atoms with Crippen molar-refractivity contribution in [3.05, 3.63) is 58.1 Å². The Labute approximate surface area is 120 Å². The van der Waals surface area contributed by atoms with Gasteiger partial charge < -0.3 is 11.1 Å². The first-order valence-corrected chi connectivity index (χ1v) is 6.70. The quantitative estimate of drug-likeness (QED) is 0.835. The zero-order chi connectivity index (χ0) is 13.1. The van der Waals surface area contributed by atoms with Crippen molar-refractivity contribution in [3.8, 4) is 0 Å². The van der Waals surface area contributed by atoms with E-state index in [0.29, 0.717) is 4.99 Å². The molecular weight excluding hydrogens is 308 g/mol. The molecule has 2 nitrogen and oxygen atoms in total. The molecule has 0 aromatic heterocycles. The molecule has 2 aromatic rings. The Kier molecular flexibility index (Phi) is 3.99. The fourth-order valence-corrected chi connectivity index (χ4v) is 2.15. The van der Waals surface area contributed by atoms with E-state index in [2.05, 4.69) is 21.2 Å². The summed E-state index contributed by atoms with van der Waals surface area (Å²) in [6.07, 6.45) is 0. The van der Waals surface area contributed by atoms with Crippen molar-refractivity contribution in [2.24, 2.45) is 5.73 Å². The second kappa shape index (κ2) is 5.50. The van der Waals surface area contributed by atoms with E-state index in [1.807, 2.05) is 49.4 Å². The summed E-state index contributed by atoms with van der Waals surface area (Å²) in [5.74, 6) is 0. The number of halogens is 1. The van der Waals surface area contributed by atoms with Gasteiger partial charge in [-0.15, -0.1) is 0 Å². The molecule has 2 rings (SSSR count). The number of rotatable bonds is 3. The molecule has 3 N–H and O–H groups in total. The molecule has 0 heterocycles. The number of para-hydroxylation sites is 1. The summed E-state index contributed by atoms with van der Waals surface area (Å²) in [6.45, 7) is 2.03. The van der Waals surface area contributed by atoms with Gasteiger partial charge in [-0.05, 0) is 42.8 Å². The summed E-state index contributed by atoms with van der Waals surface area (Å²) >= 11 is 8.49. The summed E-state index contributed by atoms with van der Waals surface area (Å²) in [5.41, 5.74) is 9.70. The van der Waals surface area contributed by atoms with Gasteiger partial charge in [0.25, 0.3) is 0 Å². The van der Waals surface area contributed by atoms with E-state index in [1.54, 1.807) is 0 Å². The molecule has 0 aliphatic rings. The second-order valence-corrected chi connectivity index (χ2v) is 5.35. The Morgan fingerprint density at radius 3 is 2.44 bits per heavy atom. The van der Waals surface area contributed by atoms with Crippen LogP contribution in [0.3, 0.4) is 0 Å². The molecule has 0 radical (unpaired) electrons. The average molecular weight is 321 g/mol. The number of benzene rings is 2. The Balaban J connectivity index is 2.39. The molecule has 0 aliphatic carbocycles. The number of anilines is 2. The normalized spacial score (nSPS) is 10.1. The van der Waals surface area contributed by atoms with Crippen molar-refractivity contribution < 1.29 is 0 Å². The third kappa shape index (κ3) is 2.89. The van der Waals surface area contributed by atoms with Gasteiger partial charge in [-0.25, -0.2) is 0 Å². The zero-order valence-corrected chi connectivity index (χ0v) is 12.3. The SMILES string of the molecule is Cc1cccc(C(N)=S)c1Nc1ccc(Br)cc1. The summed E-state index contributed by atoms with van der Waals surface area (Å²) < 4.78 is 1.05. The predicted octanol–water partition coefficient (Wildman–Crippen LogP) is 4.14. The summed E-state index contributed by atoms with van der Waals surface area (Å²) in [4.78, 5) is 0.401. The molecule has 0 saturated heterocycles. The maximum absolute atomic E-state index is 5.75. The highest BCUT2D eigenvalue weighted by molar-refractivity contribution is 9.10. The first-order chi connectivity index (χ1) is 8.58. The third-order valence-corrected chi connectivity index (χ3v) is 3.40. The van der Waals surface area contributed by atoms with Gasteiger partial charge in [-0.3, -0.25) is 0 Å². The Morgan fingerprint density at radius 1 is 1.17 bits per heavy atom. The molecule has 0 fully saturated rings. The van der Waals surface area contributed by atoms with E-state index in [1.165, 1.54) is 0 Å². The van der Waals surface area contributed by atoms with Gasteiger partial charge in [0, 0.05) is 15.7 Å². The first-order valence-electron chi connectivity index (χ1n) is 5.50. The topological polar surface area (TPSA) is 38.0 Å². The number of nitrogens with two attached hydrogens (primary N) is 1. The highest BCUT2D eigenvalue weighted by atomic mass is 79.9. The van der Waals surface area contributed by atoms with Crippen LogP contribution in [0.4, 0.5) is 11.4 Å². The van der Waals surface area contributed by atoms with E-state index in [0.717, 1.165) is 27.0 Å². The lowest BCUT2D eigenvalue weighted by atomic mass is 10.1. The monoisotopic (exact) mass is 320 g/mol. The van der Waals surface area contributed by atoms with Crippen molar-refractivity contribution in [2.75, 3.05) is 5.32 Å². The lowest BCUT2D eigenvalue weighted by molar-refractivity contribution is 1.41. The lowest BCUT2D eigenvalue weighted by Gasteiger charge is -2.14. The van der Waals surface area contributed by atoms with Gasteiger partial charge in [-0.1, -0.05) is 40.3 Å². The summed E-state index contributed by atoms with van der Waals surface area (Å²) in [7, 11) is 0. The summed E-state index contributed by atoms with van der Waals surface area (Å²) in [6, 6.07) is 13.9. The Hall–Kier alpha value is -1.39. The number of thiocarbonyl (C=S) groups is 1. The molecule has 92 valence electrons. The molecule has 0 atom stereocenters. The van der Waals surface area contributed by atoms with E-state index in [-0.39, 0.29) is 0 Å². The van der Waals surface area contributed by atoms with Crippen molar-refractivity contribution in [1.29, 1.82) is 0 Å². The molecule has 0 aliphatic heterocycles. The molecule has 18 heavy (non-hydrogen) atoms. The molecule has 0 spiro atoms. The van der Waals surface area contributed by atoms with E-state index < -0.39 is 0 Å². The number of nitrogens with one attached hydrogen (secondary N) is 1. The molecule has 0 unspecified atom stereocenters. The number of hydrogen-bond acceptors (Lipinski definition) is 2. The van der Waals surface area contributed by atoms with Gasteiger partial charge >= 0.3 is 0 Å². The van der Waals surface area contributed by atoms with Crippen LogP contribution in [0, 0.1) is 6.92 Å². The van der Waals surface area contributed by atoms with Crippen molar-refractivity contribution >= 4 is 44.5 Å². The third-order valence-electron chi connectivity index (χ3n) is 2.65. The molecule has 4 heteroatoms. The summed E-state index contributed by atoms with van der Waals surface area (Å²) in [5, 5.41) is 3.36. The number of hydrogen-bond donors (Lipinski definition) is 2. The van der Waals surface area contributed by atoms with Crippen LogP contribution >= 0.6 is 28.1 Å². The minimum absolute atomic E-state index is 0.401. The standard InChI is InChI=1S/C14H13BrN2S/c1-9-3-2-4-12(14(16)18)13(9)17-11-7-5-10(15)6-8-11/h2-8,17H,1H3,(H2,16,18). The molecule has 0 saturated carbocycles. The van der Waals surface area contributed by atoms with Gasteiger partial charge in [0.2, 0.25) is 0 Å². The predicted molar refractivity (Wildman–Crippen MR) is 84.5 cm³/mol. The highest BCUT2D eigenvalue weighted by Gasteiger charge is 2.07. The molecular formula is C14H13BrN2S. The smallest absolute Gasteiger partial charge is 0.106 e.